The topological polar surface area (TPSA) is 68.5 Å². The van der Waals surface area contributed by atoms with Gasteiger partial charge in [0.05, 0.1) is 32.0 Å². The van der Waals surface area contributed by atoms with E-state index in [0.717, 1.165) is 0 Å². The highest BCUT2D eigenvalue weighted by Crippen LogP contribution is 2.27. The molecule has 0 bridgehead atoms. The van der Waals surface area contributed by atoms with Gasteiger partial charge < -0.3 is 14.2 Å². The highest BCUT2D eigenvalue weighted by Gasteiger charge is 2.06. The van der Waals surface area contributed by atoms with E-state index in [2.05, 4.69) is 0 Å². The Hall–Kier alpha value is -2.22. The lowest BCUT2D eigenvalue weighted by Gasteiger charge is -2.10. The van der Waals surface area contributed by atoms with Crippen LogP contribution in [0.3, 0.4) is 0 Å². The van der Waals surface area contributed by atoms with Crippen LogP contribution in [0.15, 0.2) is 18.2 Å². The standard InChI is InChI=1S/C14H17NO4/c1-3-18-14(16)5-4-8-19-12-7-6-11(10-15)9-13(12)17-2/h6-7,9H,3-5,8H2,1-2H3. The molecule has 0 aliphatic rings. The highest BCUT2D eigenvalue weighted by molar-refractivity contribution is 5.69. The predicted molar refractivity (Wildman–Crippen MR) is 69.1 cm³/mol. The second kappa shape index (κ2) is 7.98. The van der Waals surface area contributed by atoms with Gasteiger partial charge in [-0.25, -0.2) is 0 Å². The van der Waals surface area contributed by atoms with Gasteiger partial charge in [-0.05, 0) is 25.5 Å². The molecule has 0 spiro atoms. The largest absolute Gasteiger partial charge is 0.493 e. The van der Waals surface area contributed by atoms with Crippen molar-refractivity contribution in [2.24, 2.45) is 0 Å². The molecule has 0 saturated carbocycles. The second-order valence-corrected chi connectivity index (χ2v) is 3.73. The molecule has 0 N–H and O–H groups in total. The smallest absolute Gasteiger partial charge is 0.305 e. The van der Waals surface area contributed by atoms with Crippen LogP contribution < -0.4 is 9.47 Å². The Kier molecular flexibility index (Phi) is 6.23. The molecule has 1 rings (SSSR count). The van der Waals surface area contributed by atoms with Crippen molar-refractivity contribution in [3.05, 3.63) is 23.8 Å². The molecule has 0 aliphatic carbocycles. The Balaban J connectivity index is 2.45. The quantitative estimate of drug-likeness (QED) is 0.557. The summed E-state index contributed by atoms with van der Waals surface area (Å²) in [6.45, 7) is 2.56. The molecule has 102 valence electrons. The summed E-state index contributed by atoms with van der Waals surface area (Å²) in [6, 6.07) is 6.98. The summed E-state index contributed by atoms with van der Waals surface area (Å²) in [5.41, 5.74) is 0.510. The highest BCUT2D eigenvalue weighted by atomic mass is 16.5. The lowest BCUT2D eigenvalue weighted by atomic mass is 10.2. The molecule has 0 atom stereocenters. The minimum Gasteiger partial charge on any atom is -0.493 e. The van der Waals surface area contributed by atoms with Crippen LogP contribution in [0.5, 0.6) is 11.5 Å². The van der Waals surface area contributed by atoms with Crippen LogP contribution in [0.4, 0.5) is 0 Å². The van der Waals surface area contributed by atoms with Crippen LogP contribution in [0.25, 0.3) is 0 Å². The fraction of sp³-hybridized carbons (Fsp3) is 0.429. The summed E-state index contributed by atoms with van der Waals surface area (Å²) in [4.78, 5) is 11.1. The fourth-order valence-corrected chi connectivity index (χ4v) is 1.49. The molecule has 0 aliphatic heterocycles. The van der Waals surface area contributed by atoms with Gasteiger partial charge in [0.25, 0.3) is 0 Å². The number of hydrogen-bond acceptors (Lipinski definition) is 5. The predicted octanol–water partition coefficient (Wildman–Crippen LogP) is 2.29. The van der Waals surface area contributed by atoms with E-state index in [1.54, 1.807) is 25.1 Å². The minimum atomic E-state index is -0.224. The van der Waals surface area contributed by atoms with Gasteiger partial charge in [0.15, 0.2) is 11.5 Å². The number of ether oxygens (including phenoxy) is 3. The summed E-state index contributed by atoms with van der Waals surface area (Å²) in [5, 5.41) is 8.78. The summed E-state index contributed by atoms with van der Waals surface area (Å²) in [5.74, 6) is 0.846. The number of methoxy groups -OCH3 is 1. The second-order valence-electron chi connectivity index (χ2n) is 3.73. The van der Waals surface area contributed by atoms with Crippen LogP contribution in [-0.4, -0.2) is 26.3 Å². The Labute approximate surface area is 112 Å². The number of carbonyl (C=O) groups is 1. The van der Waals surface area contributed by atoms with Gasteiger partial charge in [0.2, 0.25) is 0 Å². The Bertz CT molecular complexity index is 465. The minimum absolute atomic E-state index is 0.224. The first-order valence-electron chi connectivity index (χ1n) is 6.07. The number of esters is 1. The Morgan fingerprint density at radius 2 is 2.16 bits per heavy atom. The molecule has 0 amide bonds. The first kappa shape index (κ1) is 14.8. The van der Waals surface area contributed by atoms with Gasteiger partial charge in [0.1, 0.15) is 0 Å². The monoisotopic (exact) mass is 263 g/mol. The molecule has 0 heterocycles. The van der Waals surface area contributed by atoms with E-state index in [0.29, 0.717) is 43.1 Å². The molecule has 5 heteroatoms. The fourth-order valence-electron chi connectivity index (χ4n) is 1.49. The van der Waals surface area contributed by atoms with Gasteiger partial charge in [-0.1, -0.05) is 0 Å². The molecule has 1 aromatic rings. The van der Waals surface area contributed by atoms with Crippen LogP contribution in [-0.2, 0) is 9.53 Å². The number of hydrogen-bond donors (Lipinski definition) is 0. The van der Waals surface area contributed by atoms with Gasteiger partial charge >= 0.3 is 5.97 Å². The molecule has 5 nitrogen and oxygen atoms in total. The zero-order valence-electron chi connectivity index (χ0n) is 11.1. The molecule has 0 saturated heterocycles. The van der Waals surface area contributed by atoms with E-state index in [1.807, 2.05) is 6.07 Å². The summed E-state index contributed by atoms with van der Waals surface area (Å²) in [7, 11) is 1.52. The van der Waals surface area contributed by atoms with Gasteiger partial charge in [0, 0.05) is 12.5 Å². The van der Waals surface area contributed by atoms with Crippen LogP contribution in [0.1, 0.15) is 25.3 Å². The van der Waals surface area contributed by atoms with Gasteiger partial charge in [-0.15, -0.1) is 0 Å². The van der Waals surface area contributed by atoms with Crippen molar-refractivity contribution in [2.75, 3.05) is 20.3 Å². The zero-order valence-corrected chi connectivity index (χ0v) is 11.1. The van der Waals surface area contributed by atoms with Crippen LogP contribution in [0, 0.1) is 11.3 Å². The molecular weight excluding hydrogens is 246 g/mol. The molecule has 0 fully saturated rings. The summed E-state index contributed by atoms with van der Waals surface area (Å²) in [6.07, 6.45) is 0.897. The Morgan fingerprint density at radius 3 is 2.79 bits per heavy atom. The van der Waals surface area contributed by atoms with E-state index < -0.39 is 0 Å². The van der Waals surface area contributed by atoms with Crippen molar-refractivity contribution >= 4 is 5.97 Å². The van der Waals surface area contributed by atoms with E-state index in [4.69, 9.17) is 19.5 Å². The Morgan fingerprint density at radius 1 is 1.37 bits per heavy atom. The average Bonchev–Trinajstić information content (AvgIpc) is 2.44. The first-order chi connectivity index (χ1) is 9.21. The average molecular weight is 263 g/mol. The maximum atomic E-state index is 11.1. The molecule has 0 aromatic heterocycles. The number of benzene rings is 1. The maximum Gasteiger partial charge on any atom is 0.305 e. The summed E-state index contributed by atoms with van der Waals surface area (Å²) < 4.78 is 15.5. The molecule has 0 radical (unpaired) electrons. The molecule has 1 aromatic carbocycles. The third kappa shape index (κ3) is 4.88. The number of nitrogens with zero attached hydrogens (tertiary/aromatic N) is 1. The third-order valence-corrected chi connectivity index (χ3v) is 2.38. The lowest BCUT2D eigenvalue weighted by molar-refractivity contribution is -0.143. The number of nitriles is 1. The third-order valence-electron chi connectivity index (χ3n) is 2.38. The van der Waals surface area contributed by atoms with Crippen molar-refractivity contribution in [2.45, 2.75) is 19.8 Å². The maximum absolute atomic E-state index is 11.1. The van der Waals surface area contributed by atoms with Crippen molar-refractivity contribution in [3.63, 3.8) is 0 Å². The van der Waals surface area contributed by atoms with Crippen molar-refractivity contribution < 1.29 is 19.0 Å². The van der Waals surface area contributed by atoms with E-state index >= 15 is 0 Å². The molecule has 19 heavy (non-hydrogen) atoms. The molecular formula is C14H17NO4. The van der Waals surface area contributed by atoms with Gasteiger partial charge in [-0.2, -0.15) is 5.26 Å². The SMILES string of the molecule is CCOC(=O)CCCOc1ccc(C#N)cc1OC. The van der Waals surface area contributed by atoms with Crippen molar-refractivity contribution in [3.8, 4) is 17.6 Å². The van der Waals surface area contributed by atoms with Crippen LogP contribution >= 0.6 is 0 Å². The normalized spacial score (nSPS) is 9.53. The summed E-state index contributed by atoms with van der Waals surface area (Å²) >= 11 is 0. The van der Waals surface area contributed by atoms with Crippen LogP contribution in [0.2, 0.25) is 0 Å². The first-order valence-corrected chi connectivity index (χ1v) is 6.07. The van der Waals surface area contributed by atoms with E-state index in [1.165, 1.54) is 7.11 Å². The zero-order chi connectivity index (χ0) is 14.1. The number of carbonyl (C=O) groups excluding carboxylic acids is 1. The number of rotatable bonds is 7. The molecule has 0 unspecified atom stereocenters. The van der Waals surface area contributed by atoms with Gasteiger partial charge in [-0.3, -0.25) is 4.79 Å². The van der Waals surface area contributed by atoms with Crippen molar-refractivity contribution in [1.29, 1.82) is 5.26 Å². The lowest BCUT2D eigenvalue weighted by Crippen LogP contribution is -2.07. The van der Waals surface area contributed by atoms with Crippen molar-refractivity contribution in [1.82, 2.24) is 0 Å². The van der Waals surface area contributed by atoms with E-state index in [-0.39, 0.29) is 5.97 Å². The van der Waals surface area contributed by atoms with E-state index in [9.17, 15) is 4.79 Å².